The summed E-state index contributed by atoms with van der Waals surface area (Å²) in [5, 5.41) is 17.4. The van der Waals surface area contributed by atoms with Crippen molar-refractivity contribution >= 4 is 63.8 Å². The molecule has 1 fully saturated rings. The highest BCUT2D eigenvalue weighted by atomic mass is 19.1. The number of imide groups is 1. The normalized spacial score (nSPS) is 18.6. The molecular formula is C59H65FN6O13. The first-order valence-electron chi connectivity index (χ1n) is 27.2. The highest BCUT2D eigenvalue weighted by Gasteiger charge is 2.47. The van der Waals surface area contributed by atoms with Crippen molar-refractivity contribution in [1.82, 2.24) is 30.0 Å². The number of aryl methyl sites for hydroxylation is 1. The number of aliphatic hydroxyl groups is 1. The van der Waals surface area contributed by atoms with Gasteiger partial charge in [0.1, 0.15) is 24.3 Å². The van der Waals surface area contributed by atoms with E-state index >= 15 is 4.39 Å². The number of Topliss-reactive ketones (excluding diaryl/α,β-unsaturated/α-hetero) is 3. The van der Waals surface area contributed by atoms with Gasteiger partial charge in [-0.05, 0) is 92.5 Å². The molecule has 4 atom stereocenters. The van der Waals surface area contributed by atoms with Crippen molar-refractivity contribution in [3.8, 4) is 11.4 Å². The van der Waals surface area contributed by atoms with E-state index in [9.17, 15) is 53.1 Å². The molecule has 0 radical (unpaired) electrons. The monoisotopic (exact) mass is 1080 g/mol. The van der Waals surface area contributed by atoms with Crippen LogP contribution in [0.4, 0.5) is 4.39 Å². The fourth-order valence-electron chi connectivity index (χ4n) is 11.4. The first kappa shape index (κ1) is 56.2. The van der Waals surface area contributed by atoms with Gasteiger partial charge in [-0.1, -0.05) is 43.7 Å². The summed E-state index contributed by atoms with van der Waals surface area (Å²) in [5.41, 5.74) is 2.32. The van der Waals surface area contributed by atoms with Crippen molar-refractivity contribution in [2.24, 2.45) is 11.8 Å². The number of hydrogen-bond donors (Lipinski definition) is 3. The Morgan fingerprint density at radius 3 is 2.34 bits per heavy atom. The molecule has 3 aliphatic heterocycles. The zero-order valence-electron chi connectivity index (χ0n) is 44.7. The zero-order valence-corrected chi connectivity index (χ0v) is 44.7. The smallest absolute Gasteiger partial charge is 0.343 e. The standard InChI is InChI=1S/C59H65FN6O13/c1-4-59(77)43-27-47-53-41(31-66(47)56(74)42(43)32-79-58(59)76)52-46(18-17-40-33(2)44(60)28-45(63-53)51(40)52)64(3)57(75)54(35-14-15-35)78-24-22-38(68)29-62-55(73)36(25-34-11-7-5-8-12-34)26-39(69)30-61-48(70)19-16-37(67)13-9-6-10-23-65-49(71)20-21-50(65)72/h5,7-8,11-12,20-21,27-28,35-36,46,54,77H,4,6,9-10,13-19,22-26,29-32H2,1-3H3,(H,61,70)(H,62,73)/t36-,46+,54-,59+/m1/s1. The zero-order chi connectivity index (χ0) is 56.3. The van der Waals surface area contributed by atoms with Gasteiger partial charge in [-0.15, -0.1) is 0 Å². The second-order valence-electron chi connectivity index (χ2n) is 21.4. The van der Waals surface area contributed by atoms with E-state index in [1.54, 1.807) is 44.0 Å². The summed E-state index contributed by atoms with van der Waals surface area (Å²) in [4.78, 5) is 138. The quantitative estimate of drug-likeness (QED) is 0.0388. The third kappa shape index (κ3) is 11.9. The number of ketones is 3. The lowest BCUT2D eigenvalue weighted by atomic mass is 9.81. The van der Waals surface area contributed by atoms with Crippen LogP contribution in [-0.4, -0.2) is 117 Å². The van der Waals surface area contributed by atoms with Crippen LogP contribution in [0.3, 0.4) is 0 Å². The van der Waals surface area contributed by atoms with Gasteiger partial charge in [0, 0.05) is 86.3 Å². The Kier molecular flexibility index (Phi) is 16.9. The Labute approximate surface area is 455 Å². The Hall–Kier alpha value is -7.58. The average Bonchev–Trinajstić information content (AvgIpc) is 3.25. The number of likely N-dealkylation sites (N-methyl/N-ethyl adjacent to an activating group) is 1. The fraction of sp³-hybridized carbons (Fsp3) is 0.475. The summed E-state index contributed by atoms with van der Waals surface area (Å²) >= 11 is 0. The number of aromatic nitrogens is 2. The number of ether oxygens (including phenoxy) is 2. The predicted molar refractivity (Wildman–Crippen MR) is 283 cm³/mol. The number of carbonyl (C=O) groups is 9. The number of nitrogens with one attached hydrogen (secondary N) is 2. The summed E-state index contributed by atoms with van der Waals surface area (Å²) in [5.74, 6) is -5.22. The molecule has 4 aromatic rings. The molecule has 2 aromatic carbocycles. The van der Waals surface area contributed by atoms with E-state index in [1.807, 2.05) is 18.2 Å². The molecule has 2 aliphatic carbocycles. The average molecular weight is 1090 g/mol. The van der Waals surface area contributed by atoms with Crippen LogP contribution in [0.5, 0.6) is 0 Å². The second-order valence-corrected chi connectivity index (χ2v) is 21.4. The van der Waals surface area contributed by atoms with Crippen LogP contribution in [0.15, 0.2) is 59.4 Å². The molecule has 416 valence electrons. The van der Waals surface area contributed by atoms with Gasteiger partial charge >= 0.3 is 5.97 Å². The maximum Gasteiger partial charge on any atom is 0.343 e. The minimum Gasteiger partial charge on any atom is -0.458 e. The summed E-state index contributed by atoms with van der Waals surface area (Å²) in [6.07, 6.45) is 5.49. The van der Waals surface area contributed by atoms with E-state index in [0.717, 1.165) is 34.4 Å². The van der Waals surface area contributed by atoms with Crippen LogP contribution < -0.4 is 16.2 Å². The van der Waals surface area contributed by atoms with Gasteiger partial charge < -0.3 is 34.7 Å². The van der Waals surface area contributed by atoms with Gasteiger partial charge in [0.2, 0.25) is 11.8 Å². The molecule has 0 spiro atoms. The molecule has 5 heterocycles. The third-order valence-electron chi connectivity index (χ3n) is 16.1. The molecule has 0 unspecified atom stereocenters. The number of hydrogen-bond acceptors (Lipinski definition) is 14. The summed E-state index contributed by atoms with van der Waals surface area (Å²) in [6.45, 7) is 2.55. The number of esters is 1. The molecule has 0 bridgehead atoms. The predicted octanol–water partition coefficient (Wildman–Crippen LogP) is 4.61. The highest BCUT2D eigenvalue weighted by Crippen LogP contribution is 2.48. The molecule has 79 heavy (non-hydrogen) atoms. The summed E-state index contributed by atoms with van der Waals surface area (Å²) < 4.78 is 28.6. The first-order chi connectivity index (χ1) is 37.9. The molecule has 19 nitrogen and oxygen atoms in total. The van der Waals surface area contributed by atoms with Crippen molar-refractivity contribution in [2.45, 2.75) is 135 Å². The first-order valence-corrected chi connectivity index (χ1v) is 27.2. The molecule has 1 saturated carbocycles. The molecular weight excluding hydrogens is 1020 g/mol. The Balaban J connectivity index is 0.790. The lowest BCUT2D eigenvalue weighted by molar-refractivity contribution is -0.172. The molecule has 5 aliphatic rings. The van der Waals surface area contributed by atoms with Gasteiger partial charge in [-0.3, -0.25) is 48.1 Å². The van der Waals surface area contributed by atoms with Gasteiger partial charge in [0.25, 0.3) is 23.3 Å². The number of nitrogens with zero attached hydrogens (tertiary/aromatic N) is 4. The minimum absolute atomic E-state index is 0.0181. The number of fused-ring (bicyclic) bond motifs is 5. The van der Waals surface area contributed by atoms with Crippen molar-refractivity contribution in [2.75, 3.05) is 33.3 Å². The number of unbranched alkanes of at least 4 members (excludes halogenated alkanes) is 2. The van der Waals surface area contributed by atoms with E-state index in [4.69, 9.17) is 14.5 Å². The van der Waals surface area contributed by atoms with Crippen LogP contribution in [-0.2, 0) is 84.2 Å². The maximum atomic E-state index is 15.6. The van der Waals surface area contributed by atoms with Crippen LogP contribution in [0.1, 0.15) is 129 Å². The summed E-state index contributed by atoms with van der Waals surface area (Å²) in [6, 6.07) is 11.5. The van der Waals surface area contributed by atoms with E-state index < -0.39 is 58.6 Å². The number of amides is 5. The Bertz CT molecular complexity index is 3240. The number of carbonyl (C=O) groups excluding carboxylic acids is 9. The number of pyridine rings is 2. The van der Waals surface area contributed by atoms with E-state index in [2.05, 4.69) is 10.6 Å². The number of halogens is 1. The lowest BCUT2D eigenvalue weighted by Gasteiger charge is -2.36. The van der Waals surface area contributed by atoms with E-state index in [1.165, 1.54) is 22.8 Å². The van der Waals surface area contributed by atoms with Gasteiger partial charge in [0.05, 0.1) is 54.8 Å². The number of rotatable bonds is 26. The lowest BCUT2D eigenvalue weighted by Crippen LogP contribution is -2.44. The molecule has 3 N–H and O–H groups in total. The van der Waals surface area contributed by atoms with E-state index in [-0.39, 0.29) is 131 Å². The third-order valence-corrected chi connectivity index (χ3v) is 16.1. The highest BCUT2D eigenvalue weighted by molar-refractivity contribution is 6.12. The van der Waals surface area contributed by atoms with Gasteiger partial charge in [0.15, 0.2) is 17.2 Å². The Morgan fingerprint density at radius 1 is 0.886 bits per heavy atom. The van der Waals surface area contributed by atoms with Crippen molar-refractivity contribution in [1.29, 1.82) is 0 Å². The largest absolute Gasteiger partial charge is 0.458 e. The topological polar surface area (TPSA) is 258 Å². The van der Waals surface area contributed by atoms with Crippen LogP contribution in [0.2, 0.25) is 0 Å². The molecule has 20 heteroatoms. The fourth-order valence-corrected chi connectivity index (χ4v) is 11.4. The molecule has 9 rings (SSSR count). The second kappa shape index (κ2) is 23.8. The SMILES string of the molecule is CC[C@@]1(O)C(=O)OCc2c1cc1n(c2=O)Cc2c-1nc1cc(F)c(C)c3c1c2[C@@H](N(C)C(=O)[C@H](OCCC(=O)CNC(=O)[C@@H](CC(=O)CNC(=O)CCC(=O)CCCCCN1C(=O)C=CC1=O)Cc1ccccc1)C1CC1)CC3. The molecule has 5 amide bonds. The minimum atomic E-state index is -2.05. The van der Waals surface area contributed by atoms with Crippen molar-refractivity contribution < 1.29 is 62.1 Å². The van der Waals surface area contributed by atoms with Crippen LogP contribution in [0.25, 0.3) is 22.3 Å². The number of cyclic esters (lactones) is 1. The van der Waals surface area contributed by atoms with E-state index in [0.29, 0.717) is 65.5 Å². The Morgan fingerprint density at radius 2 is 1.62 bits per heavy atom. The maximum absolute atomic E-state index is 15.6. The number of benzene rings is 2. The van der Waals surface area contributed by atoms with Gasteiger partial charge in [-0.25, -0.2) is 14.2 Å². The van der Waals surface area contributed by atoms with Gasteiger partial charge in [-0.2, -0.15) is 0 Å². The van der Waals surface area contributed by atoms with Crippen LogP contribution in [0, 0.1) is 24.6 Å². The molecule has 2 aromatic heterocycles. The van der Waals surface area contributed by atoms with Crippen molar-refractivity contribution in [3.05, 3.63) is 110 Å². The molecule has 0 saturated heterocycles. The van der Waals surface area contributed by atoms with Crippen molar-refractivity contribution in [3.63, 3.8) is 0 Å². The summed E-state index contributed by atoms with van der Waals surface area (Å²) in [7, 11) is 1.69. The van der Waals surface area contributed by atoms with Crippen LogP contribution >= 0.6 is 0 Å².